The van der Waals surface area contributed by atoms with E-state index in [9.17, 15) is 18.0 Å². The Morgan fingerprint density at radius 1 is 1.35 bits per heavy atom. The Hall–Kier alpha value is -1.96. The van der Waals surface area contributed by atoms with Gasteiger partial charge < -0.3 is 19.7 Å². The quantitative estimate of drug-likeness (QED) is 0.867. The summed E-state index contributed by atoms with van der Waals surface area (Å²) < 4.78 is 45.0. The van der Waals surface area contributed by atoms with E-state index < -0.39 is 6.36 Å². The van der Waals surface area contributed by atoms with Crippen LogP contribution >= 0.6 is 0 Å². The van der Waals surface area contributed by atoms with Gasteiger partial charge in [0.1, 0.15) is 12.4 Å². The van der Waals surface area contributed by atoms with Crippen molar-refractivity contribution in [3.05, 3.63) is 24.3 Å². The van der Waals surface area contributed by atoms with Crippen LogP contribution in [0.3, 0.4) is 0 Å². The summed E-state index contributed by atoms with van der Waals surface area (Å²) in [4.78, 5) is 13.4. The minimum absolute atomic E-state index is 0.0388. The summed E-state index contributed by atoms with van der Waals surface area (Å²) in [7, 11) is 1.46. The molecule has 0 radical (unpaired) electrons. The number of hydrogen-bond acceptors (Lipinski definition) is 4. The SMILES string of the molecule is COCC(=O)NCC1CCN(c2ccc(OC(F)(F)F)cc2)C1. The molecule has 0 spiro atoms. The number of hydrogen-bond donors (Lipinski definition) is 1. The molecule has 1 aliphatic heterocycles. The first kappa shape index (κ1) is 17.4. The Morgan fingerprint density at radius 3 is 2.65 bits per heavy atom. The second kappa shape index (κ2) is 7.54. The molecule has 1 amide bonds. The van der Waals surface area contributed by atoms with Gasteiger partial charge in [0.25, 0.3) is 0 Å². The fraction of sp³-hybridized carbons (Fsp3) is 0.533. The lowest BCUT2D eigenvalue weighted by molar-refractivity contribution is -0.274. The third kappa shape index (κ3) is 5.63. The standard InChI is InChI=1S/C15H19F3N2O3/c1-22-10-14(21)19-8-11-6-7-20(9-11)12-2-4-13(5-3-12)23-15(16,17)18/h2-5,11H,6-10H2,1H3,(H,19,21). The molecule has 1 aliphatic rings. The molecule has 0 saturated carbocycles. The molecular formula is C15H19F3N2O3. The van der Waals surface area contributed by atoms with E-state index in [0.717, 1.165) is 25.2 Å². The van der Waals surface area contributed by atoms with Gasteiger partial charge in [-0.3, -0.25) is 4.79 Å². The molecule has 1 fully saturated rings. The summed E-state index contributed by atoms with van der Waals surface area (Å²) in [6, 6.07) is 5.81. The minimum Gasteiger partial charge on any atom is -0.406 e. The summed E-state index contributed by atoms with van der Waals surface area (Å²) in [6.07, 6.45) is -3.77. The number of methoxy groups -OCH3 is 1. The Bertz CT molecular complexity index is 520. The Labute approximate surface area is 132 Å². The van der Waals surface area contributed by atoms with Crippen molar-refractivity contribution >= 4 is 11.6 Å². The molecule has 1 unspecified atom stereocenters. The number of halogens is 3. The summed E-state index contributed by atoms with van der Waals surface area (Å²) >= 11 is 0. The molecule has 1 aromatic carbocycles. The largest absolute Gasteiger partial charge is 0.573 e. The summed E-state index contributed by atoms with van der Waals surface area (Å²) in [5, 5.41) is 2.80. The first-order chi connectivity index (χ1) is 10.9. The fourth-order valence-corrected chi connectivity index (χ4v) is 2.53. The van der Waals surface area contributed by atoms with Gasteiger partial charge in [0.2, 0.25) is 5.91 Å². The number of rotatable bonds is 6. The van der Waals surface area contributed by atoms with Crippen molar-refractivity contribution in [2.45, 2.75) is 12.8 Å². The van der Waals surface area contributed by atoms with Crippen molar-refractivity contribution in [3.8, 4) is 5.75 Å². The van der Waals surface area contributed by atoms with Gasteiger partial charge in [-0.25, -0.2) is 0 Å². The van der Waals surface area contributed by atoms with E-state index in [2.05, 4.69) is 15.0 Å². The molecule has 0 bridgehead atoms. The topological polar surface area (TPSA) is 50.8 Å². The summed E-state index contributed by atoms with van der Waals surface area (Å²) in [5.41, 5.74) is 0.838. The molecule has 1 atom stereocenters. The highest BCUT2D eigenvalue weighted by atomic mass is 19.4. The smallest absolute Gasteiger partial charge is 0.406 e. The lowest BCUT2D eigenvalue weighted by Gasteiger charge is -2.19. The molecule has 1 aromatic rings. The van der Waals surface area contributed by atoms with E-state index in [1.165, 1.54) is 19.2 Å². The predicted molar refractivity (Wildman–Crippen MR) is 78.3 cm³/mol. The Balaban J connectivity index is 1.83. The van der Waals surface area contributed by atoms with Crippen LogP contribution in [0, 0.1) is 5.92 Å². The van der Waals surface area contributed by atoms with Crippen molar-refractivity contribution in [1.82, 2.24) is 5.32 Å². The number of anilines is 1. The number of carbonyl (C=O) groups excluding carboxylic acids is 1. The lowest BCUT2D eigenvalue weighted by atomic mass is 10.1. The molecule has 1 saturated heterocycles. The average molecular weight is 332 g/mol. The maximum absolute atomic E-state index is 12.1. The maximum atomic E-state index is 12.1. The number of alkyl halides is 3. The monoisotopic (exact) mass is 332 g/mol. The predicted octanol–water partition coefficient (Wildman–Crippen LogP) is 2.17. The van der Waals surface area contributed by atoms with Crippen LogP contribution < -0.4 is 15.0 Å². The van der Waals surface area contributed by atoms with E-state index in [4.69, 9.17) is 4.74 Å². The van der Waals surface area contributed by atoms with Gasteiger partial charge in [0.05, 0.1) is 0 Å². The molecular weight excluding hydrogens is 313 g/mol. The van der Waals surface area contributed by atoms with Gasteiger partial charge in [-0.1, -0.05) is 0 Å². The zero-order valence-corrected chi connectivity index (χ0v) is 12.7. The van der Waals surface area contributed by atoms with Crippen molar-refractivity contribution in [3.63, 3.8) is 0 Å². The van der Waals surface area contributed by atoms with Gasteiger partial charge in [0.15, 0.2) is 0 Å². The van der Waals surface area contributed by atoms with Crippen LogP contribution in [0.15, 0.2) is 24.3 Å². The minimum atomic E-state index is -4.68. The number of ether oxygens (including phenoxy) is 2. The van der Waals surface area contributed by atoms with E-state index >= 15 is 0 Å². The van der Waals surface area contributed by atoms with Crippen LogP contribution in [0.4, 0.5) is 18.9 Å². The van der Waals surface area contributed by atoms with Gasteiger partial charge in [-0.05, 0) is 36.6 Å². The third-order valence-electron chi connectivity index (χ3n) is 3.58. The summed E-state index contributed by atoms with van der Waals surface area (Å²) in [6.45, 7) is 2.14. The first-order valence-corrected chi connectivity index (χ1v) is 7.24. The van der Waals surface area contributed by atoms with E-state index in [1.54, 1.807) is 12.1 Å². The first-order valence-electron chi connectivity index (χ1n) is 7.24. The van der Waals surface area contributed by atoms with Crippen molar-refractivity contribution < 1.29 is 27.4 Å². The highest BCUT2D eigenvalue weighted by Gasteiger charge is 2.31. The number of benzene rings is 1. The molecule has 0 aromatic heterocycles. The van der Waals surface area contributed by atoms with Gasteiger partial charge in [0, 0.05) is 32.4 Å². The maximum Gasteiger partial charge on any atom is 0.573 e. The normalized spacial score (nSPS) is 18.1. The van der Waals surface area contributed by atoms with Gasteiger partial charge >= 0.3 is 6.36 Å². The zero-order chi connectivity index (χ0) is 16.9. The van der Waals surface area contributed by atoms with Crippen LogP contribution in [0.2, 0.25) is 0 Å². The average Bonchev–Trinajstić information content (AvgIpc) is 2.93. The van der Waals surface area contributed by atoms with Gasteiger partial charge in [-0.2, -0.15) is 0 Å². The van der Waals surface area contributed by atoms with Crippen LogP contribution in [-0.4, -0.2) is 45.6 Å². The van der Waals surface area contributed by atoms with Crippen LogP contribution in [-0.2, 0) is 9.53 Å². The molecule has 2 rings (SSSR count). The highest BCUT2D eigenvalue weighted by molar-refractivity contribution is 5.77. The summed E-state index contributed by atoms with van der Waals surface area (Å²) in [5.74, 6) is -0.0784. The van der Waals surface area contributed by atoms with Crippen LogP contribution in [0.25, 0.3) is 0 Å². The molecule has 1 heterocycles. The molecule has 23 heavy (non-hydrogen) atoms. The van der Waals surface area contributed by atoms with Crippen LogP contribution in [0.5, 0.6) is 5.75 Å². The van der Waals surface area contributed by atoms with Crippen molar-refractivity contribution in [2.24, 2.45) is 5.92 Å². The second-order valence-electron chi connectivity index (χ2n) is 5.38. The second-order valence-corrected chi connectivity index (χ2v) is 5.38. The number of carbonyl (C=O) groups is 1. The van der Waals surface area contributed by atoms with Crippen molar-refractivity contribution in [2.75, 3.05) is 38.3 Å². The van der Waals surface area contributed by atoms with E-state index in [0.29, 0.717) is 12.5 Å². The molecule has 5 nitrogen and oxygen atoms in total. The third-order valence-corrected chi connectivity index (χ3v) is 3.58. The fourth-order valence-electron chi connectivity index (χ4n) is 2.53. The molecule has 1 N–H and O–H groups in total. The highest BCUT2D eigenvalue weighted by Crippen LogP contribution is 2.28. The Morgan fingerprint density at radius 2 is 2.04 bits per heavy atom. The number of amides is 1. The van der Waals surface area contributed by atoms with Gasteiger partial charge in [-0.15, -0.1) is 13.2 Å². The number of nitrogens with one attached hydrogen (secondary N) is 1. The van der Waals surface area contributed by atoms with Crippen LogP contribution in [0.1, 0.15) is 6.42 Å². The molecule has 128 valence electrons. The van der Waals surface area contributed by atoms with E-state index in [-0.39, 0.29) is 18.3 Å². The Kier molecular flexibility index (Phi) is 5.70. The lowest BCUT2D eigenvalue weighted by Crippen LogP contribution is -2.33. The van der Waals surface area contributed by atoms with Crippen molar-refractivity contribution in [1.29, 1.82) is 0 Å². The molecule has 0 aliphatic carbocycles. The van der Waals surface area contributed by atoms with E-state index in [1.807, 2.05) is 0 Å². The number of nitrogens with zero attached hydrogens (tertiary/aromatic N) is 1. The zero-order valence-electron chi connectivity index (χ0n) is 12.7. The molecule has 8 heteroatoms.